The summed E-state index contributed by atoms with van der Waals surface area (Å²) in [5.41, 5.74) is 9.27. The Morgan fingerprint density at radius 2 is 1.45 bits per heavy atom. The summed E-state index contributed by atoms with van der Waals surface area (Å²) in [5, 5.41) is 0. The third kappa shape index (κ3) is 7.22. The van der Waals surface area contributed by atoms with Crippen LogP contribution in [0.3, 0.4) is 0 Å². The molecule has 33 heavy (non-hydrogen) atoms. The number of ether oxygens (including phenoxy) is 1. The number of phosphoric ester groups is 2. The van der Waals surface area contributed by atoms with E-state index in [1.165, 1.54) is 0 Å². The van der Waals surface area contributed by atoms with Crippen LogP contribution in [0.2, 0.25) is 0 Å². The van der Waals surface area contributed by atoms with Crippen LogP contribution >= 0.6 is 15.6 Å². The number of phosphoric acid groups is 2. The molecule has 2 aromatic rings. The van der Waals surface area contributed by atoms with E-state index in [9.17, 15) is 23.7 Å². The van der Waals surface area contributed by atoms with Crippen molar-refractivity contribution < 1.29 is 41.8 Å². The van der Waals surface area contributed by atoms with Gasteiger partial charge < -0.3 is 19.9 Å². The average molecular weight is 499 g/mol. The Hall–Kier alpha value is -2.03. The second-order valence-electron chi connectivity index (χ2n) is 7.43. The highest BCUT2D eigenvalue weighted by atomic mass is 31.3. The summed E-state index contributed by atoms with van der Waals surface area (Å²) in [5.74, 6) is -0.296. The number of fused-ring (bicyclic) bond motifs is 3. The molecule has 0 saturated heterocycles. The van der Waals surface area contributed by atoms with Crippen molar-refractivity contribution in [3.8, 4) is 11.1 Å². The molecule has 0 saturated carbocycles. The zero-order chi connectivity index (χ0) is 23.9. The maximum Gasteiger partial charge on any atom is 0.541 e. The minimum Gasteiger partial charge on any atom is -0.433 e. The van der Waals surface area contributed by atoms with E-state index < -0.39 is 21.8 Å². The van der Waals surface area contributed by atoms with Crippen molar-refractivity contribution in [2.45, 2.75) is 31.6 Å². The topological polar surface area (TPSA) is 155 Å². The maximum absolute atomic E-state index is 12.0. The first-order valence-corrected chi connectivity index (χ1v) is 13.5. The molecule has 0 aromatic heterocycles. The lowest BCUT2D eigenvalue weighted by Crippen LogP contribution is -2.13. The molecule has 10 nitrogen and oxygen atoms in total. The molecule has 0 amide bonds. The predicted octanol–water partition coefficient (Wildman–Crippen LogP) is 4.71. The minimum absolute atomic E-state index is 0.164. The van der Waals surface area contributed by atoms with Gasteiger partial charge in [-0.2, -0.15) is 4.31 Å². The van der Waals surface area contributed by atoms with Gasteiger partial charge in [0.15, 0.2) is 0 Å². The molecule has 0 heterocycles. The minimum atomic E-state index is -5.26. The Kier molecular flexibility index (Phi) is 8.84. The molecule has 180 valence electrons. The lowest BCUT2D eigenvalue weighted by molar-refractivity contribution is 0.0818. The molecule has 0 spiro atoms. The molecule has 2 unspecified atom stereocenters. The maximum atomic E-state index is 12.0. The van der Waals surface area contributed by atoms with Gasteiger partial charge in [-0.1, -0.05) is 61.4 Å². The van der Waals surface area contributed by atoms with E-state index in [1.54, 1.807) is 0 Å². The number of rotatable bonds is 12. The Morgan fingerprint density at radius 1 is 0.879 bits per heavy atom. The number of carbonyl (C=O) groups excluding carboxylic acids is 1. The van der Waals surface area contributed by atoms with Crippen LogP contribution in [0.25, 0.3) is 11.1 Å². The number of nitrogens with two attached hydrogens (primary N) is 1. The van der Waals surface area contributed by atoms with E-state index in [1.807, 2.05) is 48.5 Å². The van der Waals surface area contributed by atoms with Crippen LogP contribution in [-0.2, 0) is 27.2 Å². The van der Waals surface area contributed by atoms with E-state index in [4.69, 9.17) is 10.5 Å². The van der Waals surface area contributed by atoms with E-state index in [2.05, 4.69) is 13.4 Å². The highest BCUT2D eigenvalue weighted by molar-refractivity contribution is 7.61. The highest BCUT2D eigenvalue weighted by Crippen LogP contribution is 2.60. The number of benzene rings is 2. The van der Waals surface area contributed by atoms with E-state index in [0.717, 1.165) is 35.1 Å². The van der Waals surface area contributed by atoms with Crippen LogP contribution in [0.5, 0.6) is 0 Å². The van der Waals surface area contributed by atoms with Crippen molar-refractivity contribution in [1.82, 2.24) is 0 Å². The molecule has 4 N–H and O–H groups in total. The molecule has 1 aliphatic rings. The lowest BCUT2D eigenvalue weighted by atomic mass is 9.98. The molecule has 0 radical (unpaired) electrons. The fourth-order valence-corrected chi connectivity index (χ4v) is 5.63. The van der Waals surface area contributed by atoms with Gasteiger partial charge in [0.1, 0.15) is 6.61 Å². The fraction of sp³-hybridized carbons (Fsp3) is 0.381. The second-order valence-corrected chi connectivity index (χ2v) is 10.4. The van der Waals surface area contributed by atoms with Crippen molar-refractivity contribution in [2.75, 3.05) is 19.8 Å². The first-order chi connectivity index (χ1) is 15.7. The first-order valence-electron chi connectivity index (χ1n) is 10.5. The molecule has 0 bridgehead atoms. The summed E-state index contributed by atoms with van der Waals surface area (Å²) in [6.07, 6.45) is 1.25. The first kappa shape index (κ1) is 25.6. The molecule has 2 atom stereocenters. The smallest absolute Gasteiger partial charge is 0.433 e. The normalized spacial score (nSPS) is 16.3. The largest absolute Gasteiger partial charge is 0.541 e. The molecule has 12 heteroatoms. The molecule has 0 fully saturated rings. The molecule has 1 aliphatic carbocycles. The Morgan fingerprint density at radius 3 is 2.06 bits per heavy atom. The fourth-order valence-electron chi connectivity index (χ4n) is 3.66. The third-order valence-corrected chi connectivity index (χ3v) is 7.62. The molecular weight excluding hydrogens is 472 g/mol. The van der Waals surface area contributed by atoms with Crippen molar-refractivity contribution in [2.24, 2.45) is 5.73 Å². The zero-order valence-corrected chi connectivity index (χ0v) is 19.7. The third-order valence-electron chi connectivity index (χ3n) is 5.08. The Bertz CT molecular complexity index is 1020. The van der Waals surface area contributed by atoms with E-state index in [-0.39, 0.29) is 19.1 Å². The highest BCUT2D eigenvalue weighted by Gasteiger charge is 2.39. The SMILES string of the molecule is NCCCCCCOP(=O)(O)OP(=O)(O)OC(=O)OCC1c2ccccc2-c2ccccc21. The van der Waals surface area contributed by atoms with Gasteiger partial charge in [-0.25, -0.2) is 13.9 Å². The zero-order valence-electron chi connectivity index (χ0n) is 17.9. The van der Waals surface area contributed by atoms with Gasteiger partial charge in [0.05, 0.1) is 6.61 Å². The van der Waals surface area contributed by atoms with Crippen LogP contribution in [-0.4, -0.2) is 35.7 Å². The second kappa shape index (κ2) is 11.4. The summed E-state index contributed by atoms with van der Waals surface area (Å²) in [4.78, 5) is 31.3. The number of hydrogen-bond donors (Lipinski definition) is 3. The summed E-state index contributed by atoms with van der Waals surface area (Å²) in [6, 6.07) is 15.3. The molecule has 0 aliphatic heterocycles. The lowest BCUT2D eigenvalue weighted by Gasteiger charge is -2.17. The van der Waals surface area contributed by atoms with Gasteiger partial charge in [0.2, 0.25) is 0 Å². The number of unbranched alkanes of at least 4 members (excludes halogenated alkanes) is 3. The number of carbonyl (C=O) groups is 1. The summed E-state index contributed by atoms with van der Waals surface area (Å²) in [7, 11) is -10.2. The summed E-state index contributed by atoms with van der Waals surface area (Å²) in [6.45, 7) is 0.204. The predicted molar refractivity (Wildman–Crippen MR) is 120 cm³/mol. The van der Waals surface area contributed by atoms with Gasteiger partial charge in [-0.15, -0.1) is 0 Å². The summed E-state index contributed by atoms with van der Waals surface area (Å²) >= 11 is 0. The molecule has 3 rings (SSSR count). The van der Waals surface area contributed by atoms with Crippen molar-refractivity contribution in [3.63, 3.8) is 0 Å². The van der Waals surface area contributed by atoms with Gasteiger partial charge in [0, 0.05) is 5.92 Å². The van der Waals surface area contributed by atoms with Crippen LogP contribution in [0, 0.1) is 0 Å². The van der Waals surface area contributed by atoms with Crippen molar-refractivity contribution in [1.29, 1.82) is 0 Å². The van der Waals surface area contributed by atoms with Crippen LogP contribution in [0.1, 0.15) is 42.7 Å². The van der Waals surface area contributed by atoms with Crippen molar-refractivity contribution in [3.05, 3.63) is 59.7 Å². The van der Waals surface area contributed by atoms with Gasteiger partial charge in [-0.3, -0.25) is 9.42 Å². The summed E-state index contributed by atoms with van der Waals surface area (Å²) < 4.78 is 42.0. The van der Waals surface area contributed by atoms with Gasteiger partial charge >= 0.3 is 21.8 Å². The Labute approximate surface area is 191 Å². The van der Waals surface area contributed by atoms with Crippen molar-refractivity contribution >= 4 is 21.8 Å². The van der Waals surface area contributed by atoms with Crippen LogP contribution in [0.15, 0.2) is 48.5 Å². The molecule has 2 aromatic carbocycles. The van der Waals surface area contributed by atoms with E-state index in [0.29, 0.717) is 19.4 Å². The molecular formula is C21H27NO9P2. The quantitative estimate of drug-likeness (QED) is 0.212. The van der Waals surface area contributed by atoms with Crippen LogP contribution in [0.4, 0.5) is 4.79 Å². The monoisotopic (exact) mass is 499 g/mol. The van der Waals surface area contributed by atoms with E-state index >= 15 is 0 Å². The standard InChI is InChI=1S/C21H27NO9P2/c22-13-7-1-2-8-14-29-32(24,25)31-33(26,27)30-21(23)28-15-20-18-11-5-3-9-16(18)17-10-4-6-12-19(17)20/h3-6,9-12,20H,1-2,7-8,13-15,22H2,(H,24,25)(H,26,27). The average Bonchev–Trinajstić information content (AvgIpc) is 3.07. The van der Waals surface area contributed by atoms with Crippen LogP contribution < -0.4 is 5.73 Å². The van der Waals surface area contributed by atoms with Gasteiger partial charge in [-0.05, 0) is 41.6 Å². The number of hydrogen-bond acceptors (Lipinski definition) is 8. The van der Waals surface area contributed by atoms with Gasteiger partial charge in [0.25, 0.3) is 0 Å². The Balaban J connectivity index is 1.51.